The molecule has 2 aliphatic rings. The summed E-state index contributed by atoms with van der Waals surface area (Å²) >= 11 is 1.55. The largest absolute Gasteiger partial charge is 0.328 e. The zero-order valence-corrected chi connectivity index (χ0v) is 18.2. The molecule has 0 saturated heterocycles. The molecule has 5 rings (SSSR count). The molecule has 1 aliphatic heterocycles. The number of carbonyl (C=O) groups excluding carboxylic acids is 1. The summed E-state index contributed by atoms with van der Waals surface area (Å²) < 4.78 is 15.4. The van der Waals surface area contributed by atoms with Gasteiger partial charge in [-0.2, -0.15) is 4.98 Å². The first-order chi connectivity index (χ1) is 14.9. The van der Waals surface area contributed by atoms with Crippen LogP contribution in [0.2, 0.25) is 0 Å². The molecule has 1 aliphatic carbocycles. The van der Waals surface area contributed by atoms with Crippen LogP contribution in [0.3, 0.4) is 0 Å². The smallest absolute Gasteiger partial charge is 0.227 e. The first-order valence-electron chi connectivity index (χ1n) is 10.3. The number of benzene rings is 2. The van der Waals surface area contributed by atoms with Crippen LogP contribution in [0, 0.1) is 11.2 Å². The Bertz CT molecular complexity index is 1170. The third-order valence-electron chi connectivity index (χ3n) is 5.71. The van der Waals surface area contributed by atoms with Crippen LogP contribution in [0.25, 0.3) is 0 Å². The minimum atomic E-state index is -0.408. The summed E-state index contributed by atoms with van der Waals surface area (Å²) in [5, 5.41) is 8.75. The topological polar surface area (TPSA) is 59.8 Å². The molecule has 1 aromatic heterocycles. The van der Waals surface area contributed by atoms with Crippen LogP contribution < -0.4 is 5.32 Å². The summed E-state index contributed by atoms with van der Waals surface area (Å²) in [7, 11) is 0. The minimum absolute atomic E-state index is 0.104. The Morgan fingerprint density at radius 2 is 1.87 bits per heavy atom. The number of hydrogen-bond donors (Lipinski definition) is 1. The molecular weight excluding hydrogens is 411 g/mol. The van der Waals surface area contributed by atoms with Gasteiger partial charge in [-0.15, -0.1) is 5.10 Å². The van der Waals surface area contributed by atoms with Crippen molar-refractivity contribution in [3.05, 3.63) is 82.8 Å². The van der Waals surface area contributed by atoms with Gasteiger partial charge in [0.25, 0.3) is 0 Å². The third kappa shape index (κ3) is 3.90. The average Bonchev–Trinajstić information content (AvgIpc) is 3.14. The first kappa shape index (κ1) is 20.0. The summed E-state index contributed by atoms with van der Waals surface area (Å²) in [6.07, 6.45) is 1.23. The van der Waals surface area contributed by atoms with Crippen molar-refractivity contribution in [1.82, 2.24) is 14.8 Å². The van der Waals surface area contributed by atoms with Crippen LogP contribution in [-0.2, 0) is 10.5 Å². The highest BCUT2D eigenvalue weighted by molar-refractivity contribution is 7.98. The lowest BCUT2D eigenvalue weighted by molar-refractivity contribution is -0.118. The second kappa shape index (κ2) is 7.64. The quantitative estimate of drug-likeness (QED) is 0.560. The van der Waals surface area contributed by atoms with Crippen molar-refractivity contribution >= 4 is 23.5 Å². The predicted octanol–water partition coefficient (Wildman–Crippen LogP) is 5.37. The molecule has 0 fully saturated rings. The Morgan fingerprint density at radius 3 is 2.61 bits per heavy atom. The summed E-state index contributed by atoms with van der Waals surface area (Å²) in [6, 6.07) is 16.1. The Hall–Kier alpha value is -2.93. The Kier molecular flexibility index (Phi) is 4.93. The Balaban J connectivity index is 1.54. The maximum atomic E-state index is 13.6. The highest BCUT2D eigenvalue weighted by Gasteiger charge is 2.41. The van der Waals surface area contributed by atoms with Gasteiger partial charge in [-0.1, -0.05) is 68.1 Å². The molecule has 3 aromatic rings. The molecule has 0 bridgehead atoms. The zero-order valence-electron chi connectivity index (χ0n) is 17.4. The van der Waals surface area contributed by atoms with Gasteiger partial charge in [0, 0.05) is 23.4 Å². The summed E-state index contributed by atoms with van der Waals surface area (Å²) in [4.78, 5) is 17.9. The fraction of sp³-hybridized carbons (Fsp3) is 0.292. The maximum Gasteiger partial charge on any atom is 0.227 e. The van der Waals surface area contributed by atoms with E-state index in [-0.39, 0.29) is 17.0 Å². The lowest BCUT2D eigenvalue weighted by Crippen LogP contribution is -2.36. The summed E-state index contributed by atoms with van der Waals surface area (Å²) in [5.74, 6) is 1.17. The molecule has 0 saturated carbocycles. The molecule has 5 nitrogen and oxygen atoms in total. The van der Waals surface area contributed by atoms with E-state index in [0.29, 0.717) is 23.1 Å². The number of allylic oxidation sites excluding steroid dienone is 2. The average molecular weight is 435 g/mol. The van der Waals surface area contributed by atoms with E-state index in [4.69, 9.17) is 10.1 Å². The highest BCUT2D eigenvalue weighted by Crippen LogP contribution is 2.45. The van der Waals surface area contributed by atoms with E-state index in [9.17, 15) is 9.18 Å². The maximum absolute atomic E-state index is 13.6. The number of nitrogens with one attached hydrogen (secondary N) is 1. The van der Waals surface area contributed by atoms with E-state index < -0.39 is 6.04 Å². The molecule has 1 atom stereocenters. The lowest BCUT2D eigenvalue weighted by Gasteiger charge is -2.38. The number of ketones is 1. The number of Topliss-reactive ketones (excluding diaryl/α,β-unsaturated/α-hetero) is 1. The fourth-order valence-electron chi connectivity index (χ4n) is 4.33. The van der Waals surface area contributed by atoms with Crippen LogP contribution in [0.15, 0.2) is 71.0 Å². The van der Waals surface area contributed by atoms with Crippen molar-refractivity contribution in [2.24, 2.45) is 5.41 Å². The van der Waals surface area contributed by atoms with Crippen molar-refractivity contribution < 1.29 is 9.18 Å². The molecule has 2 heterocycles. The fourth-order valence-corrected chi connectivity index (χ4v) is 5.11. The van der Waals surface area contributed by atoms with Crippen molar-refractivity contribution in [3.8, 4) is 0 Å². The molecule has 7 heteroatoms. The second-order valence-electron chi connectivity index (χ2n) is 8.85. The van der Waals surface area contributed by atoms with Gasteiger partial charge >= 0.3 is 0 Å². The van der Waals surface area contributed by atoms with E-state index in [1.165, 1.54) is 17.7 Å². The van der Waals surface area contributed by atoms with Crippen LogP contribution in [0.1, 0.15) is 43.9 Å². The Labute approximate surface area is 184 Å². The van der Waals surface area contributed by atoms with E-state index in [1.54, 1.807) is 28.6 Å². The molecular formula is C24H23FN4OS. The van der Waals surface area contributed by atoms with Gasteiger partial charge in [0.2, 0.25) is 11.1 Å². The molecule has 0 spiro atoms. The van der Waals surface area contributed by atoms with Gasteiger partial charge in [0.1, 0.15) is 11.9 Å². The minimum Gasteiger partial charge on any atom is -0.328 e. The number of halogens is 1. The van der Waals surface area contributed by atoms with Gasteiger partial charge in [-0.25, -0.2) is 9.07 Å². The number of anilines is 1. The van der Waals surface area contributed by atoms with Crippen LogP contribution >= 0.6 is 11.8 Å². The number of carbonyl (C=O) groups is 1. The monoisotopic (exact) mass is 434 g/mol. The van der Waals surface area contributed by atoms with Crippen LogP contribution in [0.4, 0.5) is 10.3 Å². The Morgan fingerprint density at radius 1 is 1.13 bits per heavy atom. The number of thioether (sulfide) groups is 1. The molecule has 158 valence electrons. The van der Waals surface area contributed by atoms with Gasteiger partial charge in [0.15, 0.2) is 5.78 Å². The summed E-state index contributed by atoms with van der Waals surface area (Å²) in [6.45, 7) is 4.20. The molecule has 0 unspecified atom stereocenters. The number of rotatable bonds is 4. The number of hydrogen-bond acceptors (Lipinski definition) is 5. The van der Waals surface area contributed by atoms with Crippen LogP contribution in [-0.4, -0.2) is 20.5 Å². The SMILES string of the molecule is CC1(C)CC(=O)C2=C(C1)Nc1nc(SCc3ccccc3)nn1[C@@H]2c1ccc(F)cc1. The van der Waals surface area contributed by atoms with Gasteiger partial charge in [-0.3, -0.25) is 4.79 Å². The van der Waals surface area contributed by atoms with Crippen molar-refractivity contribution in [2.75, 3.05) is 5.32 Å². The van der Waals surface area contributed by atoms with Crippen molar-refractivity contribution in [1.29, 1.82) is 0 Å². The molecule has 0 radical (unpaired) electrons. The molecule has 1 N–H and O–H groups in total. The number of fused-ring (bicyclic) bond motifs is 1. The van der Waals surface area contributed by atoms with Gasteiger partial charge < -0.3 is 5.32 Å². The lowest BCUT2D eigenvalue weighted by atomic mass is 9.73. The summed E-state index contributed by atoms with van der Waals surface area (Å²) in [5.41, 5.74) is 3.51. The van der Waals surface area contributed by atoms with E-state index in [2.05, 4.69) is 31.3 Å². The predicted molar refractivity (Wildman–Crippen MR) is 119 cm³/mol. The normalized spacial score (nSPS) is 19.6. The van der Waals surface area contributed by atoms with Gasteiger partial charge in [-0.05, 0) is 35.1 Å². The second-order valence-corrected chi connectivity index (χ2v) is 9.79. The highest BCUT2D eigenvalue weighted by atomic mass is 32.2. The standard InChI is InChI=1S/C24H23FN4OS/c1-24(2)12-18-20(19(30)13-24)21(16-8-10-17(25)11-9-16)29-22(26-18)27-23(28-29)31-14-15-6-4-3-5-7-15/h3-11,21H,12-14H2,1-2H3,(H,26,27,28)/t21-/m1/s1. The number of nitrogens with zero attached hydrogens (tertiary/aromatic N) is 3. The van der Waals surface area contributed by atoms with E-state index in [1.807, 2.05) is 18.2 Å². The first-order valence-corrected chi connectivity index (χ1v) is 11.3. The third-order valence-corrected chi connectivity index (χ3v) is 6.62. The van der Waals surface area contributed by atoms with E-state index >= 15 is 0 Å². The molecule has 2 aromatic carbocycles. The van der Waals surface area contributed by atoms with E-state index in [0.717, 1.165) is 23.4 Å². The molecule has 0 amide bonds. The van der Waals surface area contributed by atoms with Crippen LogP contribution in [0.5, 0.6) is 0 Å². The van der Waals surface area contributed by atoms with Gasteiger partial charge in [0.05, 0.1) is 0 Å². The molecule has 31 heavy (non-hydrogen) atoms. The zero-order chi connectivity index (χ0) is 21.6. The number of aromatic nitrogens is 3. The van der Waals surface area contributed by atoms with Crippen molar-refractivity contribution in [2.45, 2.75) is 43.6 Å². The van der Waals surface area contributed by atoms with Crippen molar-refractivity contribution in [3.63, 3.8) is 0 Å².